The average molecular weight is 338 g/mol. The van der Waals surface area contributed by atoms with Gasteiger partial charge in [0.25, 0.3) is 0 Å². The van der Waals surface area contributed by atoms with Crippen LogP contribution in [0.25, 0.3) is 0 Å². The highest BCUT2D eigenvalue weighted by Crippen LogP contribution is 2.25. The molecule has 7 nitrogen and oxygen atoms in total. The van der Waals surface area contributed by atoms with Crippen LogP contribution in [-0.2, 0) is 16.1 Å². The molecule has 1 aliphatic rings. The van der Waals surface area contributed by atoms with Gasteiger partial charge in [0.2, 0.25) is 16.9 Å². The Bertz CT molecular complexity index is 671. The Hall–Kier alpha value is -1.87. The molecule has 116 valence electrons. The Balaban J connectivity index is 1.58. The van der Waals surface area contributed by atoms with E-state index in [0.29, 0.717) is 24.0 Å². The van der Waals surface area contributed by atoms with Crippen molar-refractivity contribution in [3.05, 3.63) is 24.2 Å². The summed E-state index contributed by atoms with van der Waals surface area (Å²) in [6, 6.07) is 3.59. The molecule has 2 aromatic heterocycles. The first-order valence-corrected chi connectivity index (χ1v) is 8.68. The summed E-state index contributed by atoms with van der Waals surface area (Å²) in [4.78, 5) is 25.9. The summed E-state index contributed by atoms with van der Waals surface area (Å²) in [5.41, 5.74) is 0. The lowest BCUT2D eigenvalue weighted by Crippen LogP contribution is -2.27. The van der Waals surface area contributed by atoms with Gasteiger partial charge in [0.1, 0.15) is 5.76 Å². The summed E-state index contributed by atoms with van der Waals surface area (Å²) in [6.45, 7) is 0.782. The number of rotatable bonds is 5. The first kappa shape index (κ1) is 15.0. The fourth-order valence-corrected chi connectivity index (χ4v) is 3.41. The van der Waals surface area contributed by atoms with Gasteiger partial charge in [-0.05, 0) is 18.4 Å². The number of hydrogen-bond donors (Lipinski definition) is 1. The van der Waals surface area contributed by atoms with Gasteiger partial charge in [-0.1, -0.05) is 23.1 Å². The molecular formula is C13H14N4O3S2. The molecule has 0 spiro atoms. The van der Waals surface area contributed by atoms with Crippen molar-refractivity contribution in [1.82, 2.24) is 15.1 Å². The Kier molecular flexibility index (Phi) is 4.44. The molecule has 1 fully saturated rings. The van der Waals surface area contributed by atoms with Crippen molar-refractivity contribution in [3.63, 3.8) is 0 Å². The molecule has 1 N–H and O–H groups in total. The zero-order chi connectivity index (χ0) is 15.5. The third-order valence-corrected chi connectivity index (χ3v) is 5.14. The summed E-state index contributed by atoms with van der Waals surface area (Å²) in [6.07, 6.45) is 3.67. The molecule has 2 aromatic rings. The van der Waals surface area contributed by atoms with Gasteiger partial charge in [0.05, 0.1) is 18.7 Å². The number of aromatic nitrogens is 2. The maximum Gasteiger partial charge on any atom is 0.231 e. The maximum atomic E-state index is 12.2. The third kappa shape index (κ3) is 3.30. The van der Waals surface area contributed by atoms with Gasteiger partial charge in [-0.15, -0.1) is 10.2 Å². The molecule has 3 heterocycles. The lowest BCUT2D eigenvalue weighted by atomic mass is 10.1. The van der Waals surface area contributed by atoms with Crippen LogP contribution in [0.2, 0.25) is 0 Å². The summed E-state index contributed by atoms with van der Waals surface area (Å²) in [5, 5.41) is 11.0. The van der Waals surface area contributed by atoms with Crippen LogP contribution >= 0.6 is 23.1 Å². The molecule has 0 saturated carbocycles. The minimum atomic E-state index is -0.371. The molecule has 1 unspecified atom stereocenters. The van der Waals surface area contributed by atoms with Gasteiger partial charge >= 0.3 is 0 Å². The van der Waals surface area contributed by atoms with Crippen molar-refractivity contribution < 1.29 is 14.0 Å². The van der Waals surface area contributed by atoms with Gasteiger partial charge < -0.3 is 14.6 Å². The largest absolute Gasteiger partial charge is 0.467 e. The highest BCUT2D eigenvalue weighted by atomic mass is 32.2. The lowest BCUT2D eigenvalue weighted by Gasteiger charge is -2.14. The molecule has 0 bridgehead atoms. The lowest BCUT2D eigenvalue weighted by molar-refractivity contribution is -0.128. The molecule has 22 heavy (non-hydrogen) atoms. The molecular weight excluding hydrogens is 324 g/mol. The first-order valence-electron chi connectivity index (χ1n) is 6.64. The second kappa shape index (κ2) is 6.49. The maximum absolute atomic E-state index is 12.2. The Labute approximate surface area is 135 Å². The van der Waals surface area contributed by atoms with Crippen LogP contribution in [0.3, 0.4) is 0 Å². The molecule has 2 amide bonds. The van der Waals surface area contributed by atoms with E-state index in [-0.39, 0.29) is 24.2 Å². The number of thioether (sulfide) groups is 1. The van der Waals surface area contributed by atoms with E-state index in [1.165, 1.54) is 23.1 Å². The molecule has 0 radical (unpaired) electrons. The van der Waals surface area contributed by atoms with E-state index in [1.807, 2.05) is 12.3 Å². The number of carbonyl (C=O) groups is 2. The average Bonchev–Trinajstić information content (AvgIpc) is 3.22. The third-order valence-electron chi connectivity index (χ3n) is 3.32. The number of furan rings is 1. The summed E-state index contributed by atoms with van der Waals surface area (Å²) < 4.78 is 6.03. The summed E-state index contributed by atoms with van der Waals surface area (Å²) in [5.74, 6) is 0.102. The Morgan fingerprint density at radius 1 is 1.59 bits per heavy atom. The minimum absolute atomic E-state index is 0.0429. The number of nitrogens with zero attached hydrogens (tertiary/aromatic N) is 3. The summed E-state index contributed by atoms with van der Waals surface area (Å²) in [7, 11) is 0. The van der Waals surface area contributed by atoms with Gasteiger partial charge in [-0.25, -0.2) is 0 Å². The van der Waals surface area contributed by atoms with Crippen LogP contribution < -0.4 is 5.32 Å². The van der Waals surface area contributed by atoms with E-state index in [1.54, 1.807) is 17.2 Å². The number of nitrogens with one attached hydrogen (secondary N) is 1. The highest BCUT2D eigenvalue weighted by molar-refractivity contribution is 8.00. The second-order valence-corrected chi connectivity index (χ2v) is 6.85. The standard InChI is InChI=1S/C13H14N4O3S2/c1-21-13-16-15-12(22-13)14-11(19)8-5-10(18)17(6-8)7-9-3-2-4-20-9/h2-4,8H,5-7H2,1H3,(H,14,15,19). The Morgan fingerprint density at radius 2 is 2.45 bits per heavy atom. The zero-order valence-corrected chi connectivity index (χ0v) is 13.4. The van der Waals surface area contributed by atoms with Crippen molar-refractivity contribution in [3.8, 4) is 0 Å². The van der Waals surface area contributed by atoms with Crippen LogP contribution in [0.1, 0.15) is 12.2 Å². The van der Waals surface area contributed by atoms with Crippen LogP contribution in [0, 0.1) is 5.92 Å². The van der Waals surface area contributed by atoms with Crippen molar-refractivity contribution in [2.24, 2.45) is 5.92 Å². The van der Waals surface area contributed by atoms with Crippen LogP contribution in [0.4, 0.5) is 5.13 Å². The number of anilines is 1. The first-order chi connectivity index (χ1) is 10.7. The van der Waals surface area contributed by atoms with Gasteiger partial charge in [-0.3, -0.25) is 9.59 Å². The quantitative estimate of drug-likeness (QED) is 0.661. The van der Waals surface area contributed by atoms with Crippen LogP contribution in [0.5, 0.6) is 0 Å². The van der Waals surface area contributed by atoms with E-state index in [2.05, 4.69) is 15.5 Å². The Morgan fingerprint density at radius 3 is 3.14 bits per heavy atom. The summed E-state index contributed by atoms with van der Waals surface area (Å²) >= 11 is 2.79. The predicted molar refractivity (Wildman–Crippen MR) is 82.6 cm³/mol. The SMILES string of the molecule is CSc1nnc(NC(=O)C2CC(=O)N(Cc3ccco3)C2)s1. The molecule has 9 heteroatoms. The molecule has 1 saturated heterocycles. The van der Waals surface area contributed by atoms with E-state index in [9.17, 15) is 9.59 Å². The predicted octanol–water partition coefficient (Wildman–Crippen LogP) is 1.84. The van der Waals surface area contributed by atoms with Crippen molar-refractivity contribution >= 4 is 40.0 Å². The number of hydrogen-bond acceptors (Lipinski definition) is 7. The molecule has 1 aliphatic heterocycles. The van der Waals surface area contributed by atoms with E-state index >= 15 is 0 Å². The minimum Gasteiger partial charge on any atom is -0.467 e. The zero-order valence-electron chi connectivity index (χ0n) is 11.8. The monoisotopic (exact) mass is 338 g/mol. The topological polar surface area (TPSA) is 88.3 Å². The van der Waals surface area contributed by atoms with Crippen LogP contribution in [-0.4, -0.2) is 39.7 Å². The number of amides is 2. The number of carbonyl (C=O) groups excluding carboxylic acids is 2. The molecule has 3 rings (SSSR count). The van der Waals surface area contributed by atoms with Crippen molar-refractivity contribution in [1.29, 1.82) is 0 Å². The van der Waals surface area contributed by atoms with E-state index in [0.717, 1.165) is 4.34 Å². The number of likely N-dealkylation sites (tertiary alicyclic amines) is 1. The fraction of sp³-hybridized carbons (Fsp3) is 0.385. The van der Waals surface area contributed by atoms with Crippen molar-refractivity contribution in [2.45, 2.75) is 17.3 Å². The van der Waals surface area contributed by atoms with Crippen LogP contribution in [0.15, 0.2) is 27.2 Å². The van der Waals surface area contributed by atoms with Gasteiger partial charge in [0.15, 0.2) is 4.34 Å². The smallest absolute Gasteiger partial charge is 0.231 e. The van der Waals surface area contributed by atoms with E-state index < -0.39 is 0 Å². The molecule has 0 aliphatic carbocycles. The normalized spacial score (nSPS) is 18.0. The molecule has 0 aromatic carbocycles. The highest BCUT2D eigenvalue weighted by Gasteiger charge is 2.35. The van der Waals surface area contributed by atoms with Gasteiger partial charge in [-0.2, -0.15) is 0 Å². The van der Waals surface area contributed by atoms with E-state index in [4.69, 9.17) is 4.42 Å². The fourth-order valence-electron chi connectivity index (χ4n) is 2.24. The van der Waals surface area contributed by atoms with Crippen molar-refractivity contribution in [2.75, 3.05) is 18.1 Å². The van der Waals surface area contributed by atoms with Gasteiger partial charge in [0, 0.05) is 13.0 Å². The molecule has 1 atom stereocenters. The second-order valence-electron chi connectivity index (χ2n) is 4.82.